The Kier molecular flexibility index (Phi) is 14.8. The first-order chi connectivity index (χ1) is 22.4. The van der Waals surface area contributed by atoms with E-state index in [4.69, 9.17) is 4.52 Å². The minimum Gasteiger partial charge on any atom is -0.377 e. The number of benzene rings is 1. The Morgan fingerprint density at radius 1 is 1.00 bits per heavy atom. The van der Waals surface area contributed by atoms with Crippen LogP contribution in [0, 0.1) is 41.4 Å². The highest BCUT2D eigenvalue weighted by Crippen LogP contribution is 2.56. The molecule has 2 aromatic rings. The Balaban J connectivity index is 0.000000908. The Hall–Kier alpha value is -2.67. The van der Waals surface area contributed by atoms with Gasteiger partial charge in [-0.15, -0.1) is 0 Å². The van der Waals surface area contributed by atoms with E-state index in [-0.39, 0.29) is 23.7 Å². The van der Waals surface area contributed by atoms with E-state index in [9.17, 15) is 9.59 Å². The molecule has 1 aromatic heterocycles. The molecule has 1 aromatic carbocycles. The molecule has 1 aliphatic heterocycles. The largest absolute Gasteiger partial charge is 0.377 e. The van der Waals surface area contributed by atoms with Crippen molar-refractivity contribution in [3.05, 3.63) is 42.7 Å². The predicted molar refractivity (Wildman–Crippen MR) is 190 cm³/mol. The van der Waals surface area contributed by atoms with Crippen molar-refractivity contribution >= 4 is 23.2 Å². The van der Waals surface area contributed by atoms with Crippen LogP contribution in [0.2, 0.25) is 0 Å². The molecule has 1 amide bonds. The van der Waals surface area contributed by atoms with E-state index >= 15 is 0 Å². The lowest BCUT2D eigenvalue weighted by Gasteiger charge is -2.42. The third-order valence-corrected chi connectivity index (χ3v) is 11.3. The van der Waals surface area contributed by atoms with E-state index in [1.165, 1.54) is 19.3 Å². The third kappa shape index (κ3) is 7.72. The first-order valence-corrected chi connectivity index (χ1v) is 18.5. The normalized spacial score (nSPS) is 30.3. The average Bonchev–Trinajstić information content (AvgIpc) is 3.90. The van der Waals surface area contributed by atoms with Gasteiger partial charge in [0.15, 0.2) is 5.58 Å². The zero-order chi connectivity index (χ0) is 34.0. The van der Waals surface area contributed by atoms with Gasteiger partial charge < -0.3 is 24.0 Å². The SMILES string of the molecule is C=CN(C)C1C(C)C2CC1C(C(=O)N(C)CC1CCCC1CN1CCC(c3noc4ccccc34)CC1)C2C=O.CC.CC.CC. The molecule has 7 nitrogen and oxygen atoms in total. The fourth-order valence-corrected chi connectivity index (χ4v) is 9.27. The van der Waals surface area contributed by atoms with Crippen molar-refractivity contribution in [2.24, 2.45) is 41.4 Å². The highest BCUT2D eigenvalue weighted by Gasteiger charge is 2.60. The van der Waals surface area contributed by atoms with E-state index in [2.05, 4.69) is 47.6 Å². The van der Waals surface area contributed by atoms with E-state index in [0.29, 0.717) is 35.6 Å². The number of hydrogen-bond donors (Lipinski definition) is 0. The van der Waals surface area contributed by atoms with Crippen molar-refractivity contribution in [1.82, 2.24) is 19.9 Å². The molecule has 4 aliphatic rings. The number of carbonyl (C=O) groups is 2. The summed E-state index contributed by atoms with van der Waals surface area (Å²) in [6.07, 6.45) is 9.85. The molecular formula is C39H64N4O3. The Labute approximate surface area is 280 Å². The molecule has 0 spiro atoms. The van der Waals surface area contributed by atoms with Crippen LogP contribution < -0.4 is 0 Å². The van der Waals surface area contributed by atoms with Gasteiger partial charge in [0, 0.05) is 50.4 Å². The second-order valence-corrected chi connectivity index (χ2v) is 13.3. The third-order valence-electron chi connectivity index (χ3n) is 11.3. The molecule has 8 atom stereocenters. The van der Waals surface area contributed by atoms with Gasteiger partial charge in [-0.3, -0.25) is 4.79 Å². The second kappa shape index (κ2) is 18.0. The minimum absolute atomic E-state index is 0.146. The first kappa shape index (κ1) is 37.8. The number of rotatable bonds is 9. The van der Waals surface area contributed by atoms with Crippen LogP contribution in [0.5, 0.6) is 0 Å². The summed E-state index contributed by atoms with van der Waals surface area (Å²) in [7, 11) is 4.05. The number of nitrogens with zero attached hydrogens (tertiary/aromatic N) is 4. The van der Waals surface area contributed by atoms with Crippen LogP contribution in [-0.2, 0) is 9.59 Å². The lowest BCUT2D eigenvalue weighted by Crippen LogP contribution is -2.51. The van der Waals surface area contributed by atoms with Gasteiger partial charge in [0.25, 0.3) is 0 Å². The van der Waals surface area contributed by atoms with Crippen LogP contribution in [0.15, 0.2) is 41.6 Å². The first-order valence-electron chi connectivity index (χ1n) is 18.5. The van der Waals surface area contributed by atoms with Crippen LogP contribution in [0.4, 0.5) is 0 Å². The summed E-state index contributed by atoms with van der Waals surface area (Å²) in [5, 5.41) is 5.59. The van der Waals surface area contributed by atoms with Crippen LogP contribution in [0.25, 0.3) is 11.0 Å². The molecule has 46 heavy (non-hydrogen) atoms. The van der Waals surface area contributed by atoms with E-state index in [0.717, 1.165) is 68.4 Å². The number of amides is 1. The van der Waals surface area contributed by atoms with Gasteiger partial charge in [-0.25, -0.2) is 0 Å². The summed E-state index contributed by atoms with van der Waals surface area (Å²) < 4.78 is 5.58. The topological polar surface area (TPSA) is 69.9 Å². The molecule has 0 radical (unpaired) electrons. The molecule has 8 unspecified atom stereocenters. The monoisotopic (exact) mass is 636 g/mol. The quantitative estimate of drug-likeness (QED) is 0.259. The van der Waals surface area contributed by atoms with Gasteiger partial charge in [-0.1, -0.05) is 78.8 Å². The Morgan fingerprint density at radius 2 is 1.65 bits per heavy atom. The Morgan fingerprint density at radius 3 is 2.30 bits per heavy atom. The van der Waals surface area contributed by atoms with Gasteiger partial charge in [-0.05, 0) is 93.1 Å². The molecule has 258 valence electrons. The number of hydrogen-bond acceptors (Lipinski definition) is 6. The lowest BCUT2D eigenvalue weighted by atomic mass is 9.71. The highest BCUT2D eigenvalue weighted by atomic mass is 16.5. The number of para-hydroxylation sites is 1. The summed E-state index contributed by atoms with van der Waals surface area (Å²) in [4.78, 5) is 32.9. The zero-order valence-electron chi connectivity index (χ0n) is 30.5. The predicted octanol–water partition coefficient (Wildman–Crippen LogP) is 8.12. The molecule has 1 saturated heterocycles. The fourth-order valence-electron chi connectivity index (χ4n) is 9.27. The van der Waals surface area contributed by atoms with Gasteiger partial charge >= 0.3 is 0 Å². The standard InChI is InChI=1S/C33H46N4O3.3C2H6/c1-5-35(3)32-21(2)26-17-27(32)30(28(26)20-38)33(39)36(4)18-23-9-8-10-24(23)19-37-15-13-22(14-16-37)31-25-11-6-7-12-29(25)40-34-31;3*1-2/h5-7,11-12,20-24,26-28,30,32H,1,8-10,13-19H2,2-4H3;3*1-2H3. The van der Waals surface area contributed by atoms with Gasteiger partial charge in [0.05, 0.1) is 11.6 Å². The van der Waals surface area contributed by atoms with Crippen LogP contribution >= 0.6 is 0 Å². The summed E-state index contributed by atoms with van der Waals surface area (Å²) in [6, 6.07) is 8.48. The molecule has 6 rings (SSSR count). The van der Waals surface area contributed by atoms with E-state index in [1.807, 2.05) is 71.8 Å². The van der Waals surface area contributed by atoms with Crippen LogP contribution in [-0.4, -0.2) is 78.4 Å². The number of carbonyl (C=O) groups excluding carboxylic acids is 2. The van der Waals surface area contributed by atoms with E-state index in [1.54, 1.807) is 0 Å². The van der Waals surface area contributed by atoms with Crippen molar-refractivity contribution < 1.29 is 14.1 Å². The molecule has 3 saturated carbocycles. The molecule has 7 heteroatoms. The average molecular weight is 637 g/mol. The summed E-state index contributed by atoms with van der Waals surface area (Å²) in [5.74, 6) is 2.41. The van der Waals surface area contributed by atoms with Crippen LogP contribution in [0.1, 0.15) is 98.6 Å². The number of aldehydes is 1. The van der Waals surface area contributed by atoms with Gasteiger partial charge in [-0.2, -0.15) is 0 Å². The highest BCUT2D eigenvalue weighted by molar-refractivity contribution is 5.83. The summed E-state index contributed by atoms with van der Waals surface area (Å²) in [6.45, 7) is 22.3. The second-order valence-electron chi connectivity index (χ2n) is 13.3. The van der Waals surface area contributed by atoms with Crippen molar-refractivity contribution in [3.63, 3.8) is 0 Å². The van der Waals surface area contributed by atoms with Gasteiger partial charge in [0.2, 0.25) is 5.91 Å². The number of fused-ring (bicyclic) bond motifs is 3. The number of likely N-dealkylation sites (tertiary alicyclic amines) is 1. The number of piperidine rings is 1. The maximum absolute atomic E-state index is 13.9. The van der Waals surface area contributed by atoms with Crippen LogP contribution in [0.3, 0.4) is 0 Å². The zero-order valence-corrected chi connectivity index (χ0v) is 30.5. The smallest absolute Gasteiger partial charge is 0.226 e. The lowest BCUT2D eigenvalue weighted by molar-refractivity contribution is -0.142. The minimum atomic E-state index is -0.192. The molecule has 0 N–H and O–H groups in total. The molecule has 2 bridgehead atoms. The van der Waals surface area contributed by atoms with Crippen molar-refractivity contribution in [2.75, 3.05) is 40.3 Å². The summed E-state index contributed by atoms with van der Waals surface area (Å²) >= 11 is 0. The maximum atomic E-state index is 13.9. The molecule has 3 aliphatic carbocycles. The fraction of sp³-hybridized carbons (Fsp3) is 0.718. The van der Waals surface area contributed by atoms with Gasteiger partial charge in [0.1, 0.15) is 6.29 Å². The maximum Gasteiger partial charge on any atom is 0.226 e. The van der Waals surface area contributed by atoms with Crippen molar-refractivity contribution in [3.8, 4) is 0 Å². The Bertz CT molecular complexity index is 1220. The van der Waals surface area contributed by atoms with E-state index < -0.39 is 0 Å². The van der Waals surface area contributed by atoms with Crippen molar-refractivity contribution in [2.45, 2.75) is 99.0 Å². The summed E-state index contributed by atoms with van der Waals surface area (Å²) in [5.41, 5.74) is 2.01. The van der Waals surface area contributed by atoms with Crippen molar-refractivity contribution in [1.29, 1.82) is 0 Å². The molecule has 4 fully saturated rings. The molecular weight excluding hydrogens is 572 g/mol. The molecule has 2 heterocycles. The number of aromatic nitrogens is 1.